The molecule has 0 bridgehead atoms. The number of hydrogen-bond acceptors (Lipinski definition) is 2. The van der Waals surface area contributed by atoms with E-state index in [-0.39, 0.29) is 0 Å². The maximum atomic E-state index is 12.4. The average molecular weight is 180 g/mol. The molecule has 0 amide bonds. The summed E-state index contributed by atoms with van der Waals surface area (Å²) in [4.78, 5) is 2.63. The number of halogens is 4. The third-order valence-corrected chi connectivity index (χ3v) is 1.17. The molecule has 2 N–H and O–H groups in total. The Hall–Kier alpha value is -1.33. The van der Waals surface area contributed by atoms with Gasteiger partial charge in [0.2, 0.25) is 5.95 Å². The van der Waals surface area contributed by atoms with Gasteiger partial charge in [-0.1, -0.05) is 0 Å². The Morgan fingerprint density at radius 3 is 2.25 bits per heavy atom. The Kier molecular flexibility index (Phi) is 1.91. The number of anilines is 1. The molecule has 6 heteroatoms. The predicted molar refractivity (Wildman–Crippen MR) is 33.6 cm³/mol. The van der Waals surface area contributed by atoms with Crippen LogP contribution in [-0.4, -0.2) is 4.98 Å². The van der Waals surface area contributed by atoms with E-state index >= 15 is 0 Å². The Morgan fingerprint density at radius 1 is 1.25 bits per heavy atom. The third kappa shape index (κ3) is 1.63. The molecule has 0 unspecified atom stereocenters. The molecule has 2 nitrogen and oxygen atoms in total. The molecule has 1 aromatic rings. The molecule has 0 atom stereocenters. The Bertz CT molecular complexity index is 294. The molecule has 1 heterocycles. The summed E-state index contributed by atoms with van der Waals surface area (Å²) in [5, 5.41) is 0. The van der Waals surface area contributed by atoms with Gasteiger partial charge >= 0.3 is 6.18 Å². The summed E-state index contributed by atoms with van der Waals surface area (Å²) in [5.74, 6) is -1.30. The molecule has 1 rings (SSSR count). The van der Waals surface area contributed by atoms with Gasteiger partial charge in [-0.2, -0.15) is 17.6 Å². The summed E-state index contributed by atoms with van der Waals surface area (Å²) < 4.78 is 47.9. The number of hydrogen-bond donors (Lipinski definition) is 1. The van der Waals surface area contributed by atoms with Crippen LogP contribution in [0.25, 0.3) is 0 Å². The van der Waals surface area contributed by atoms with E-state index in [1.165, 1.54) is 0 Å². The molecule has 0 aromatic carbocycles. The number of nitrogens with zero attached hydrogens (tertiary/aromatic N) is 1. The summed E-state index contributed by atoms with van der Waals surface area (Å²) in [6.45, 7) is 0. The molecule has 0 aliphatic heterocycles. The number of alkyl halides is 3. The first-order chi connectivity index (χ1) is 5.41. The van der Waals surface area contributed by atoms with Crippen LogP contribution in [0.15, 0.2) is 12.1 Å². The van der Waals surface area contributed by atoms with E-state index in [0.29, 0.717) is 6.07 Å². The van der Waals surface area contributed by atoms with Crippen molar-refractivity contribution in [1.82, 2.24) is 4.98 Å². The van der Waals surface area contributed by atoms with Crippen LogP contribution in [0.2, 0.25) is 0 Å². The van der Waals surface area contributed by atoms with Gasteiger partial charge < -0.3 is 5.73 Å². The van der Waals surface area contributed by atoms with Crippen LogP contribution < -0.4 is 5.73 Å². The highest BCUT2D eigenvalue weighted by molar-refractivity contribution is 5.36. The minimum Gasteiger partial charge on any atom is -0.395 e. The standard InChI is InChI=1S/C6H4F4N2/c7-5-3(11)1-2-4(12-5)6(8,9)10/h1-2H,11H2. The monoisotopic (exact) mass is 180 g/mol. The fourth-order valence-corrected chi connectivity index (χ4v) is 0.603. The summed E-state index contributed by atoms with van der Waals surface area (Å²) in [5.41, 5.74) is 3.24. The van der Waals surface area contributed by atoms with Crippen molar-refractivity contribution in [2.45, 2.75) is 6.18 Å². The Morgan fingerprint density at radius 2 is 1.83 bits per heavy atom. The smallest absolute Gasteiger partial charge is 0.395 e. The minimum atomic E-state index is -4.63. The number of pyridine rings is 1. The predicted octanol–water partition coefficient (Wildman–Crippen LogP) is 1.82. The van der Waals surface area contributed by atoms with Crippen molar-refractivity contribution in [2.24, 2.45) is 0 Å². The second-order valence-corrected chi connectivity index (χ2v) is 2.07. The topological polar surface area (TPSA) is 38.9 Å². The average Bonchev–Trinajstić information content (AvgIpc) is 1.92. The zero-order chi connectivity index (χ0) is 9.35. The van der Waals surface area contributed by atoms with Gasteiger partial charge in [-0.15, -0.1) is 0 Å². The van der Waals surface area contributed by atoms with E-state index in [9.17, 15) is 17.6 Å². The zero-order valence-corrected chi connectivity index (χ0v) is 5.69. The van der Waals surface area contributed by atoms with Gasteiger partial charge in [0.15, 0.2) is 0 Å². The van der Waals surface area contributed by atoms with Gasteiger partial charge in [0, 0.05) is 0 Å². The van der Waals surface area contributed by atoms with Gasteiger partial charge in [0.25, 0.3) is 0 Å². The zero-order valence-electron chi connectivity index (χ0n) is 5.69. The van der Waals surface area contributed by atoms with Crippen LogP contribution in [0.4, 0.5) is 23.2 Å². The van der Waals surface area contributed by atoms with E-state index in [1.54, 1.807) is 0 Å². The van der Waals surface area contributed by atoms with Crippen molar-refractivity contribution in [3.63, 3.8) is 0 Å². The van der Waals surface area contributed by atoms with Crippen LogP contribution in [0, 0.1) is 5.95 Å². The third-order valence-electron chi connectivity index (χ3n) is 1.17. The maximum Gasteiger partial charge on any atom is 0.433 e. The van der Waals surface area contributed by atoms with E-state index in [4.69, 9.17) is 5.73 Å². The van der Waals surface area contributed by atoms with E-state index in [2.05, 4.69) is 4.98 Å². The Balaban J connectivity index is 3.14. The van der Waals surface area contributed by atoms with Crippen molar-refractivity contribution in [2.75, 3.05) is 5.73 Å². The van der Waals surface area contributed by atoms with Crippen molar-refractivity contribution in [3.05, 3.63) is 23.8 Å². The second-order valence-electron chi connectivity index (χ2n) is 2.07. The molecule has 66 valence electrons. The van der Waals surface area contributed by atoms with Gasteiger partial charge in [-0.05, 0) is 12.1 Å². The molecule has 0 fully saturated rings. The van der Waals surface area contributed by atoms with Crippen LogP contribution in [0.1, 0.15) is 5.69 Å². The molecule has 0 radical (unpaired) electrons. The molecular formula is C6H4F4N2. The first-order valence-electron chi connectivity index (χ1n) is 2.90. The van der Waals surface area contributed by atoms with Crippen LogP contribution in [0.5, 0.6) is 0 Å². The summed E-state index contributed by atoms with van der Waals surface area (Å²) >= 11 is 0. The van der Waals surface area contributed by atoms with Crippen molar-refractivity contribution < 1.29 is 17.6 Å². The highest BCUT2D eigenvalue weighted by Crippen LogP contribution is 2.28. The molecule has 12 heavy (non-hydrogen) atoms. The van der Waals surface area contributed by atoms with E-state index in [1.807, 2.05) is 0 Å². The normalized spacial score (nSPS) is 11.7. The quantitative estimate of drug-likeness (QED) is 0.488. The fraction of sp³-hybridized carbons (Fsp3) is 0.167. The number of nitrogen functional groups attached to an aromatic ring is 1. The lowest BCUT2D eigenvalue weighted by atomic mass is 10.3. The molecular weight excluding hydrogens is 176 g/mol. The first-order valence-corrected chi connectivity index (χ1v) is 2.90. The van der Waals surface area contributed by atoms with Crippen LogP contribution >= 0.6 is 0 Å². The van der Waals surface area contributed by atoms with Crippen LogP contribution in [0.3, 0.4) is 0 Å². The molecule has 0 spiro atoms. The van der Waals surface area contributed by atoms with E-state index < -0.39 is 23.5 Å². The molecule has 0 aliphatic carbocycles. The lowest BCUT2D eigenvalue weighted by molar-refractivity contribution is -0.141. The van der Waals surface area contributed by atoms with Gasteiger partial charge in [0.1, 0.15) is 5.69 Å². The number of rotatable bonds is 0. The van der Waals surface area contributed by atoms with Crippen molar-refractivity contribution in [1.29, 1.82) is 0 Å². The van der Waals surface area contributed by atoms with Gasteiger partial charge in [-0.3, -0.25) is 0 Å². The largest absolute Gasteiger partial charge is 0.433 e. The summed E-state index contributed by atoms with van der Waals surface area (Å²) in [6.07, 6.45) is -4.63. The highest BCUT2D eigenvalue weighted by atomic mass is 19.4. The second kappa shape index (κ2) is 2.62. The fourth-order valence-electron chi connectivity index (χ4n) is 0.603. The van der Waals surface area contributed by atoms with Crippen molar-refractivity contribution in [3.8, 4) is 0 Å². The Labute approximate surface area is 65.0 Å². The van der Waals surface area contributed by atoms with Crippen molar-refractivity contribution >= 4 is 5.69 Å². The van der Waals surface area contributed by atoms with E-state index in [0.717, 1.165) is 6.07 Å². The molecule has 0 saturated heterocycles. The summed E-state index contributed by atoms with van der Waals surface area (Å²) in [7, 11) is 0. The lowest BCUT2D eigenvalue weighted by Gasteiger charge is -2.05. The minimum absolute atomic E-state index is 0.400. The summed E-state index contributed by atoms with van der Waals surface area (Å²) in [6, 6.07) is 1.45. The molecule has 0 aliphatic rings. The number of aromatic nitrogens is 1. The highest BCUT2D eigenvalue weighted by Gasteiger charge is 2.32. The molecule has 0 saturated carbocycles. The molecule has 1 aromatic heterocycles. The van der Waals surface area contributed by atoms with Crippen LogP contribution in [-0.2, 0) is 6.18 Å². The lowest BCUT2D eigenvalue weighted by Crippen LogP contribution is -2.09. The SMILES string of the molecule is Nc1ccc(C(F)(F)F)nc1F. The maximum absolute atomic E-state index is 12.4. The number of nitrogens with two attached hydrogens (primary N) is 1. The van der Waals surface area contributed by atoms with Gasteiger partial charge in [0.05, 0.1) is 5.69 Å². The first kappa shape index (κ1) is 8.76. The van der Waals surface area contributed by atoms with Gasteiger partial charge in [-0.25, -0.2) is 4.98 Å².